The van der Waals surface area contributed by atoms with Crippen LogP contribution in [0.2, 0.25) is 0 Å². The van der Waals surface area contributed by atoms with Crippen molar-refractivity contribution in [3.63, 3.8) is 0 Å². The molecule has 7 heteroatoms. The molecule has 0 unspecified atom stereocenters. The molecule has 0 spiro atoms. The number of amides is 1. The molecule has 0 bridgehead atoms. The van der Waals surface area contributed by atoms with Crippen molar-refractivity contribution in [1.82, 2.24) is 10.2 Å². The highest BCUT2D eigenvalue weighted by atomic mass is 16.5. The largest absolute Gasteiger partial charge is 0.486 e. The van der Waals surface area contributed by atoms with Gasteiger partial charge in [-0.05, 0) is 69.4 Å². The molecular weight excluding hydrogens is 348 g/mol. The number of likely N-dealkylation sites (tertiary alicyclic amines) is 1. The van der Waals surface area contributed by atoms with Crippen molar-refractivity contribution in [3.05, 3.63) is 53.5 Å². The monoisotopic (exact) mass is 372 g/mol. The van der Waals surface area contributed by atoms with Gasteiger partial charge in [0.05, 0.1) is 12.7 Å². The van der Waals surface area contributed by atoms with Crippen LogP contribution in [-0.4, -0.2) is 50.1 Å². The van der Waals surface area contributed by atoms with E-state index in [1.165, 1.54) is 7.11 Å². The fraction of sp³-hybridized carbons (Fsp3) is 0.400. The van der Waals surface area contributed by atoms with Crippen molar-refractivity contribution in [2.24, 2.45) is 0 Å². The number of ether oxygens (including phenoxy) is 2. The predicted molar refractivity (Wildman–Crippen MR) is 98.8 cm³/mol. The molecule has 0 radical (unpaired) electrons. The third-order valence-electron chi connectivity index (χ3n) is 4.60. The number of nitrogens with one attached hydrogen (secondary N) is 1. The number of hydrogen-bond acceptors (Lipinski definition) is 6. The van der Waals surface area contributed by atoms with Crippen molar-refractivity contribution >= 4 is 11.9 Å². The molecule has 0 saturated carbocycles. The number of nitrogens with zero attached hydrogens (tertiary/aromatic N) is 1. The van der Waals surface area contributed by atoms with Gasteiger partial charge in [-0.3, -0.25) is 4.79 Å². The van der Waals surface area contributed by atoms with E-state index in [0.717, 1.165) is 25.9 Å². The van der Waals surface area contributed by atoms with E-state index in [1.54, 1.807) is 36.4 Å². The van der Waals surface area contributed by atoms with Gasteiger partial charge in [-0.2, -0.15) is 0 Å². The minimum absolute atomic E-state index is 0.187. The zero-order chi connectivity index (χ0) is 19.2. The van der Waals surface area contributed by atoms with E-state index in [4.69, 9.17) is 9.15 Å². The topological polar surface area (TPSA) is 81.0 Å². The molecule has 144 valence electrons. The van der Waals surface area contributed by atoms with Gasteiger partial charge in [0, 0.05) is 6.04 Å². The van der Waals surface area contributed by atoms with Gasteiger partial charge in [0.1, 0.15) is 18.1 Å². The van der Waals surface area contributed by atoms with E-state index >= 15 is 0 Å². The summed E-state index contributed by atoms with van der Waals surface area (Å²) in [5, 5.41) is 3.02. The summed E-state index contributed by atoms with van der Waals surface area (Å²) in [7, 11) is 3.42. The summed E-state index contributed by atoms with van der Waals surface area (Å²) in [5.41, 5.74) is 0.454. The van der Waals surface area contributed by atoms with Crippen molar-refractivity contribution < 1.29 is 23.5 Å². The van der Waals surface area contributed by atoms with Crippen LogP contribution in [0.5, 0.6) is 5.75 Å². The highest BCUT2D eigenvalue weighted by Crippen LogP contribution is 2.17. The molecule has 1 amide bonds. The minimum atomic E-state index is -0.396. The Bertz CT molecular complexity index is 776. The van der Waals surface area contributed by atoms with E-state index in [-0.39, 0.29) is 24.3 Å². The van der Waals surface area contributed by atoms with E-state index < -0.39 is 5.97 Å². The van der Waals surface area contributed by atoms with Gasteiger partial charge in [0.25, 0.3) is 5.91 Å². The molecule has 0 aliphatic carbocycles. The van der Waals surface area contributed by atoms with Crippen LogP contribution < -0.4 is 10.1 Å². The average molecular weight is 372 g/mol. The van der Waals surface area contributed by atoms with Gasteiger partial charge in [0.15, 0.2) is 5.76 Å². The highest BCUT2D eigenvalue weighted by molar-refractivity contribution is 5.91. The van der Waals surface area contributed by atoms with E-state index in [0.29, 0.717) is 17.1 Å². The number of rotatable bonds is 6. The Morgan fingerprint density at radius 2 is 1.85 bits per heavy atom. The molecule has 1 aliphatic rings. The first-order valence-corrected chi connectivity index (χ1v) is 8.94. The molecule has 7 nitrogen and oxygen atoms in total. The van der Waals surface area contributed by atoms with Crippen LogP contribution >= 0.6 is 0 Å². The molecule has 1 saturated heterocycles. The summed E-state index contributed by atoms with van der Waals surface area (Å²) in [6, 6.07) is 10.2. The second-order valence-corrected chi connectivity index (χ2v) is 6.62. The van der Waals surface area contributed by atoms with Gasteiger partial charge >= 0.3 is 5.97 Å². The first-order valence-electron chi connectivity index (χ1n) is 8.94. The Hall–Kier alpha value is -2.80. The summed E-state index contributed by atoms with van der Waals surface area (Å²) in [4.78, 5) is 26.0. The quantitative estimate of drug-likeness (QED) is 0.785. The molecule has 1 fully saturated rings. The Morgan fingerprint density at radius 1 is 1.15 bits per heavy atom. The van der Waals surface area contributed by atoms with Crippen LogP contribution in [-0.2, 0) is 11.3 Å². The lowest BCUT2D eigenvalue weighted by Gasteiger charge is -2.29. The lowest BCUT2D eigenvalue weighted by molar-refractivity contribution is 0.0600. The molecule has 27 heavy (non-hydrogen) atoms. The normalized spacial score (nSPS) is 15.3. The molecular formula is C20H24N2O5. The van der Waals surface area contributed by atoms with Gasteiger partial charge < -0.3 is 24.1 Å². The Labute approximate surface area is 158 Å². The Morgan fingerprint density at radius 3 is 2.52 bits per heavy atom. The zero-order valence-electron chi connectivity index (χ0n) is 15.6. The average Bonchev–Trinajstić information content (AvgIpc) is 3.17. The summed E-state index contributed by atoms with van der Waals surface area (Å²) in [6.45, 7) is 2.16. The van der Waals surface area contributed by atoms with Gasteiger partial charge in [-0.25, -0.2) is 4.79 Å². The third kappa shape index (κ3) is 5.10. The molecule has 1 aliphatic heterocycles. The van der Waals surface area contributed by atoms with Crippen LogP contribution in [0.15, 0.2) is 40.8 Å². The smallest absolute Gasteiger partial charge is 0.337 e. The van der Waals surface area contributed by atoms with Crippen molar-refractivity contribution in [1.29, 1.82) is 0 Å². The lowest BCUT2D eigenvalue weighted by atomic mass is 10.1. The number of benzene rings is 1. The first kappa shape index (κ1) is 19.0. The van der Waals surface area contributed by atoms with Crippen molar-refractivity contribution in [3.8, 4) is 5.75 Å². The van der Waals surface area contributed by atoms with E-state index in [2.05, 4.69) is 22.0 Å². The Balaban J connectivity index is 1.50. The predicted octanol–water partition coefficient (Wildman–Crippen LogP) is 2.47. The SMILES string of the molecule is COC(=O)c1ccc(OCc2ccc(C(=O)NC3CCN(C)CC3)o2)cc1. The van der Waals surface area contributed by atoms with Crippen LogP contribution in [0.25, 0.3) is 0 Å². The maximum atomic E-state index is 12.3. The minimum Gasteiger partial charge on any atom is -0.486 e. The number of furan rings is 1. The van der Waals surface area contributed by atoms with Crippen molar-refractivity contribution in [2.45, 2.75) is 25.5 Å². The van der Waals surface area contributed by atoms with Crippen LogP contribution in [0.3, 0.4) is 0 Å². The third-order valence-corrected chi connectivity index (χ3v) is 4.60. The van der Waals surface area contributed by atoms with E-state index in [1.807, 2.05) is 0 Å². The first-order chi connectivity index (χ1) is 13.0. The molecule has 3 rings (SSSR count). The van der Waals surface area contributed by atoms with Crippen LogP contribution in [0.1, 0.15) is 39.5 Å². The fourth-order valence-corrected chi connectivity index (χ4v) is 2.95. The molecule has 1 aromatic carbocycles. The second-order valence-electron chi connectivity index (χ2n) is 6.62. The lowest BCUT2D eigenvalue weighted by Crippen LogP contribution is -2.43. The fourth-order valence-electron chi connectivity index (χ4n) is 2.95. The number of piperidine rings is 1. The molecule has 1 N–H and O–H groups in total. The standard InChI is InChI=1S/C20H24N2O5/c1-22-11-9-15(10-12-22)21-19(23)18-8-7-17(27-18)13-26-16-5-3-14(4-6-16)20(24)25-2/h3-8,15H,9-13H2,1-2H3,(H,21,23). The van der Waals surface area contributed by atoms with Crippen LogP contribution in [0, 0.1) is 0 Å². The molecule has 0 atom stereocenters. The number of methoxy groups -OCH3 is 1. The van der Waals surface area contributed by atoms with Gasteiger partial charge in [0.2, 0.25) is 0 Å². The molecule has 2 aromatic rings. The summed E-state index contributed by atoms with van der Waals surface area (Å²) in [6.07, 6.45) is 1.89. The number of hydrogen-bond donors (Lipinski definition) is 1. The Kier molecular flexibility index (Phi) is 6.13. The zero-order valence-corrected chi connectivity index (χ0v) is 15.6. The summed E-state index contributed by atoms with van der Waals surface area (Å²) < 4.78 is 15.9. The number of esters is 1. The van der Waals surface area contributed by atoms with E-state index in [9.17, 15) is 9.59 Å². The van der Waals surface area contributed by atoms with Crippen LogP contribution in [0.4, 0.5) is 0 Å². The number of carbonyl (C=O) groups is 2. The molecule has 2 heterocycles. The van der Waals surface area contributed by atoms with Gasteiger partial charge in [-0.15, -0.1) is 0 Å². The maximum absolute atomic E-state index is 12.3. The molecule has 1 aromatic heterocycles. The number of carbonyl (C=O) groups excluding carboxylic acids is 2. The summed E-state index contributed by atoms with van der Waals surface area (Å²) >= 11 is 0. The highest BCUT2D eigenvalue weighted by Gasteiger charge is 2.20. The van der Waals surface area contributed by atoms with Crippen molar-refractivity contribution in [2.75, 3.05) is 27.2 Å². The van der Waals surface area contributed by atoms with Gasteiger partial charge in [-0.1, -0.05) is 0 Å². The second kappa shape index (κ2) is 8.73. The maximum Gasteiger partial charge on any atom is 0.337 e. The summed E-state index contributed by atoms with van der Waals surface area (Å²) in [5.74, 6) is 0.844.